The van der Waals surface area contributed by atoms with Gasteiger partial charge in [0.2, 0.25) is 0 Å². The molecule has 1 atom stereocenters. The summed E-state index contributed by atoms with van der Waals surface area (Å²) >= 11 is 0. The van der Waals surface area contributed by atoms with E-state index in [0.29, 0.717) is 12.1 Å². The van der Waals surface area contributed by atoms with Crippen molar-refractivity contribution in [3.63, 3.8) is 0 Å². The molecular formula is C16H23FN2O2. The zero-order chi connectivity index (χ0) is 15.6. The van der Waals surface area contributed by atoms with Gasteiger partial charge in [0.15, 0.2) is 0 Å². The van der Waals surface area contributed by atoms with Gasteiger partial charge in [-0.3, -0.25) is 0 Å². The quantitative estimate of drug-likeness (QED) is 0.910. The lowest BCUT2D eigenvalue weighted by atomic mass is 10.2. The van der Waals surface area contributed by atoms with Crippen molar-refractivity contribution in [2.24, 2.45) is 0 Å². The van der Waals surface area contributed by atoms with Crippen LogP contribution in [-0.2, 0) is 4.74 Å². The van der Waals surface area contributed by atoms with E-state index < -0.39 is 11.7 Å². The number of benzene rings is 1. The number of halogens is 1. The SMILES string of the molecule is Cc1ccc(N2CCC(NC(=O)OC(C)(C)C)C2)cc1F. The van der Waals surface area contributed by atoms with Gasteiger partial charge in [0, 0.05) is 18.8 Å². The number of ether oxygens (including phenoxy) is 1. The van der Waals surface area contributed by atoms with Crippen LogP contribution in [0.25, 0.3) is 0 Å². The normalized spacial score (nSPS) is 18.7. The molecule has 1 fully saturated rings. The molecule has 5 heteroatoms. The third-order valence-electron chi connectivity index (χ3n) is 3.43. The fourth-order valence-corrected chi connectivity index (χ4v) is 2.37. The molecular weight excluding hydrogens is 271 g/mol. The van der Waals surface area contributed by atoms with Crippen LogP contribution in [0.4, 0.5) is 14.9 Å². The molecule has 0 spiro atoms. The molecule has 0 radical (unpaired) electrons. The molecule has 21 heavy (non-hydrogen) atoms. The van der Waals surface area contributed by atoms with Gasteiger partial charge in [0.25, 0.3) is 0 Å². The predicted molar refractivity (Wildman–Crippen MR) is 81.1 cm³/mol. The maximum absolute atomic E-state index is 13.6. The van der Waals surface area contributed by atoms with Crippen molar-refractivity contribution < 1.29 is 13.9 Å². The highest BCUT2D eigenvalue weighted by Crippen LogP contribution is 2.23. The Morgan fingerprint density at radius 2 is 2.14 bits per heavy atom. The van der Waals surface area contributed by atoms with E-state index in [9.17, 15) is 9.18 Å². The summed E-state index contributed by atoms with van der Waals surface area (Å²) in [7, 11) is 0. The van der Waals surface area contributed by atoms with Crippen molar-refractivity contribution in [2.45, 2.75) is 45.8 Å². The van der Waals surface area contributed by atoms with Crippen LogP contribution in [0.2, 0.25) is 0 Å². The standard InChI is InChI=1S/C16H23FN2O2/c1-11-5-6-13(9-14(11)17)19-8-7-12(10-19)18-15(20)21-16(2,3)4/h5-6,9,12H,7-8,10H2,1-4H3,(H,18,20). The number of nitrogens with zero attached hydrogens (tertiary/aromatic N) is 1. The van der Waals surface area contributed by atoms with Gasteiger partial charge in [-0.1, -0.05) is 6.07 Å². The van der Waals surface area contributed by atoms with Gasteiger partial charge >= 0.3 is 6.09 Å². The van der Waals surface area contributed by atoms with E-state index in [-0.39, 0.29) is 11.9 Å². The first-order valence-electron chi connectivity index (χ1n) is 7.25. The first kappa shape index (κ1) is 15.6. The van der Waals surface area contributed by atoms with Crippen LogP contribution in [0.15, 0.2) is 18.2 Å². The molecule has 1 aliphatic rings. The molecule has 1 heterocycles. The van der Waals surface area contributed by atoms with Gasteiger partial charge in [0.1, 0.15) is 11.4 Å². The summed E-state index contributed by atoms with van der Waals surface area (Å²) in [5, 5.41) is 2.86. The Bertz CT molecular complexity index is 525. The summed E-state index contributed by atoms with van der Waals surface area (Å²) in [6.45, 7) is 8.72. The average molecular weight is 294 g/mol. The highest BCUT2D eigenvalue weighted by Gasteiger charge is 2.26. The molecule has 1 aliphatic heterocycles. The number of amides is 1. The molecule has 0 saturated carbocycles. The number of carbonyl (C=O) groups is 1. The molecule has 1 aromatic rings. The van der Waals surface area contributed by atoms with Crippen LogP contribution in [0.3, 0.4) is 0 Å². The van der Waals surface area contributed by atoms with Gasteiger partial charge in [-0.25, -0.2) is 9.18 Å². The molecule has 2 rings (SSSR count). The lowest BCUT2D eigenvalue weighted by Gasteiger charge is -2.22. The van der Waals surface area contributed by atoms with Crippen molar-refractivity contribution in [1.82, 2.24) is 5.32 Å². The van der Waals surface area contributed by atoms with Crippen LogP contribution in [0.5, 0.6) is 0 Å². The Morgan fingerprint density at radius 1 is 1.43 bits per heavy atom. The van der Waals surface area contributed by atoms with Gasteiger partial charge < -0.3 is 15.0 Å². The number of carbonyl (C=O) groups excluding carboxylic acids is 1. The molecule has 1 amide bonds. The van der Waals surface area contributed by atoms with Crippen molar-refractivity contribution in [2.75, 3.05) is 18.0 Å². The van der Waals surface area contributed by atoms with Gasteiger partial charge in [-0.15, -0.1) is 0 Å². The zero-order valence-corrected chi connectivity index (χ0v) is 13.1. The zero-order valence-electron chi connectivity index (χ0n) is 13.1. The third kappa shape index (κ3) is 4.34. The van der Waals surface area contributed by atoms with Crippen LogP contribution < -0.4 is 10.2 Å². The van der Waals surface area contributed by atoms with Crippen molar-refractivity contribution in [3.05, 3.63) is 29.6 Å². The highest BCUT2D eigenvalue weighted by molar-refractivity contribution is 5.68. The maximum atomic E-state index is 13.6. The number of aryl methyl sites for hydroxylation is 1. The summed E-state index contributed by atoms with van der Waals surface area (Å²) in [6, 6.07) is 5.27. The van der Waals surface area contributed by atoms with E-state index >= 15 is 0 Å². The molecule has 0 aliphatic carbocycles. The van der Waals surface area contributed by atoms with Gasteiger partial charge in [-0.2, -0.15) is 0 Å². The number of alkyl carbamates (subject to hydrolysis) is 1. The number of anilines is 1. The van der Waals surface area contributed by atoms with E-state index in [1.165, 1.54) is 0 Å². The predicted octanol–water partition coefficient (Wildman–Crippen LogP) is 3.24. The monoisotopic (exact) mass is 294 g/mol. The Morgan fingerprint density at radius 3 is 2.76 bits per heavy atom. The first-order valence-corrected chi connectivity index (χ1v) is 7.25. The topological polar surface area (TPSA) is 41.6 Å². The first-order chi connectivity index (χ1) is 9.74. The minimum absolute atomic E-state index is 0.0317. The van der Waals surface area contributed by atoms with Crippen molar-refractivity contribution in [1.29, 1.82) is 0 Å². The summed E-state index contributed by atoms with van der Waals surface area (Å²) in [5.74, 6) is -0.198. The van der Waals surface area contributed by atoms with Gasteiger partial charge in [-0.05, 0) is 51.8 Å². The number of hydrogen-bond acceptors (Lipinski definition) is 3. The van der Waals surface area contributed by atoms with Crippen LogP contribution in [0, 0.1) is 12.7 Å². The summed E-state index contributed by atoms with van der Waals surface area (Å²) < 4.78 is 18.9. The van der Waals surface area contributed by atoms with E-state index in [2.05, 4.69) is 10.2 Å². The fraction of sp³-hybridized carbons (Fsp3) is 0.562. The number of rotatable bonds is 2. The smallest absolute Gasteiger partial charge is 0.407 e. The molecule has 0 bridgehead atoms. The highest BCUT2D eigenvalue weighted by atomic mass is 19.1. The second-order valence-corrected chi connectivity index (χ2v) is 6.51. The third-order valence-corrected chi connectivity index (χ3v) is 3.43. The summed E-state index contributed by atoms with van der Waals surface area (Å²) in [6.07, 6.45) is 0.429. The Balaban J connectivity index is 1.91. The van der Waals surface area contributed by atoms with Crippen LogP contribution >= 0.6 is 0 Å². The fourth-order valence-electron chi connectivity index (χ4n) is 2.37. The van der Waals surface area contributed by atoms with Gasteiger partial charge in [0.05, 0.1) is 6.04 Å². The van der Waals surface area contributed by atoms with Crippen LogP contribution in [-0.4, -0.2) is 30.8 Å². The van der Waals surface area contributed by atoms with Crippen molar-refractivity contribution in [3.8, 4) is 0 Å². The Kier molecular flexibility index (Phi) is 4.40. The summed E-state index contributed by atoms with van der Waals surface area (Å²) in [5.41, 5.74) is 0.996. The molecule has 0 aromatic heterocycles. The molecule has 1 saturated heterocycles. The largest absolute Gasteiger partial charge is 0.444 e. The van der Waals surface area contributed by atoms with E-state index in [1.54, 1.807) is 19.1 Å². The van der Waals surface area contributed by atoms with Crippen LogP contribution in [0.1, 0.15) is 32.8 Å². The van der Waals surface area contributed by atoms with E-state index in [4.69, 9.17) is 4.74 Å². The maximum Gasteiger partial charge on any atom is 0.407 e. The minimum Gasteiger partial charge on any atom is -0.444 e. The lowest BCUT2D eigenvalue weighted by Crippen LogP contribution is -2.40. The average Bonchev–Trinajstić information content (AvgIpc) is 2.78. The molecule has 1 N–H and O–H groups in total. The Hall–Kier alpha value is -1.78. The second-order valence-electron chi connectivity index (χ2n) is 6.51. The molecule has 116 valence electrons. The minimum atomic E-state index is -0.498. The second kappa shape index (κ2) is 5.92. The number of hydrogen-bond donors (Lipinski definition) is 1. The Labute approximate surface area is 125 Å². The molecule has 4 nitrogen and oxygen atoms in total. The molecule has 1 unspecified atom stereocenters. The molecule has 1 aromatic carbocycles. The van der Waals surface area contributed by atoms with E-state index in [1.807, 2.05) is 26.8 Å². The summed E-state index contributed by atoms with van der Waals surface area (Å²) in [4.78, 5) is 13.8. The van der Waals surface area contributed by atoms with E-state index in [0.717, 1.165) is 18.7 Å². The van der Waals surface area contributed by atoms with Crippen molar-refractivity contribution >= 4 is 11.8 Å². The lowest BCUT2D eigenvalue weighted by molar-refractivity contribution is 0.0509. The number of nitrogens with one attached hydrogen (secondary N) is 1.